The van der Waals surface area contributed by atoms with Gasteiger partial charge in [0.05, 0.1) is 16.8 Å². The van der Waals surface area contributed by atoms with Crippen LogP contribution >= 0.6 is 19.0 Å². The van der Waals surface area contributed by atoms with Crippen molar-refractivity contribution < 1.29 is 18.3 Å². The summed E-state index contributed by atoms with van der Waals surface area (Å²) >= 11 is 6.25. The van der Waals surface area contributed by atoms with E-state index in [-0.39, 0.29) is 35.7 Å². The Labute approximate surface area is 184 Å². The highest BCUT2D eigenvalue weighted by Gasteiger charge is 2.41. The van der Waals surface area contributed by atoms with Gasteiger partial charge in [-0.25, -0.2) is 4.39 Å². The van der Waals surface area contributed by atoms with Crippen LogP contribution in [0.4, 0.5) is 4.39 Å². The summed E-state index contributed by atoms with van der Waals surface area (Å²) in [5.41, 5.74) is 6.28. The van der Waals surface area contributed by atoms with Crippen molar-refractivity contribution in [2.75, 3.05) is 13.7 Å². The third kappa shape index (κ3) is 6.44. The Balaban J connectivity index is 3.63. The van der Waals surface area contributed by atoms with Gasteiger partial charge in [0.15, 0.2) is 0 Å². The van der Waals surface area contributed by atoms with Gasteiger partial charge < -0.3 is 15.6 Å². The number of nitrogens with two attached hydrogens (primary N) is 1. The topological polar surface area (TPSA) is 81.4 Å². The van der Waals surface area contributed by atoms with Gasteiger partial charge in [-0.3, -0.25) is 9.36 Å². The van der Waals surface area contributed by atoms with Crippen molar-refractivity contribution in [3.63, 3.8) is 0 Å². The number of hydrogen-bond donors (Lipinski definition) is 2. The molecule has 1 amide bonds. The summed E-state index contributed by atoms with van der Waals surface area (Å²) in [7, 11) is -2.25. The highest BCUT2D eigenvalue weighted by atomic mass is 35.5. The van der Waals surface area contributed by atoms with Crippen molar-refractivity contribution in [1.82, 2.24) is 5.32 Å². The molecule has 0 bridgehead atoms. The van der Waals surface area contributed by atoms with Crippen LogP contribution in [0.3, 0.4) is 0 Å². The first-order valence-corrected chi connectivity index (χ1v) is 12.2. The molecule has 2 atom stereocenters. The molecule has 1 heterocycles. The Kier molecular flexibility index (Phi) is 10.3. The number of amides is 1. The van der Waals surface area contributed by atoms with Crippen LogP contribution < -0.4 is 11.1 Å². The smallest absolute Gasteiger partial charge is 0.265 e. The number of halogens is 2. The monoisotopic (exact) mass is 458 g/mol. The normalized spacial score (nSPS) is 20.6. The summed E-state index contributed by atoms with van der Waals surface area (Å²) in [5.74, 6) is -0.970. The van der Waals surface area contributed by atoms with E-state index in [2.05, 4.69) is 5.32 Å². The number of carbonyl (C=O) groups is 1. The summed E-state index contributed by atoms with van der Waals surface area (Å²) < 4.78 is 33.5. The van der Waals surface area contributed by atoms with E-state index in [9.17, 15) is 13.8 Å². The molecule has 0 aliphatic carbocycles. The lowest BCUT2D eigenvalue weighted by Gasteiger charge is -2.25. The number of allylic oxidation sites excluding steroid dienone is 7. The van der Waals surface area contributed by atoms with E-state index < -0.39 is 18.9 Å². The molecule has 30 heavy (non-hydrogen) atoms. The molecule has 0 aromatic rings. The molecule has 0 spiro atoms. The van der Waals surface area contributed by atoms with Gasteiger partial charge in [0.2, 0.25) is 7.37 Å². The number of carbonyl (C=O) groups excluding carboxylic acids is 1. The third-order valence-corrected chi connectivity index (χ3v) is 8.00. The molecule has 0 radical (unpaired) electrons. The summed E-state index contributed by atoms with van der Waals surface area (Å²) in [5, 5.41) is 3.64. The number of nitrogens with one attached hydrogen (secondary N) is 1. The second kappa shape index (κ2) is 11.7. The average Bonchev–Trinajstić information content (AvgIpc) is 3.10. The number of rotatable bonds is 10. The molecule has 2 unspecified atom stereocenters. The molecule has 1 aliphatic heterocycles. The molecule has 168 valence electrons. The van der Waals surface area contributed by atoms with E-state index in [1.54, 1.807) is 26.0 Å². The molecule has 0 fully saturated rings. The molecule has 3 N–H and O–H groups in total. The molecule has 5 nitrogen and oxygen atoms in total. The van der Waals surface area contributed by atoms with E-state index in [0.717, 1.165) is 6.42 Å². The molecular formula is C22H33ClFN2O3P. The van der Waals surface area contributed by atoms with Crippen molar-refractivity contribution in [2.24, 2.45) is 11.7 Å². The first-order chi connectivity index (χ1) is 14.0. The van der Waals surface area contributed by atoms with Gasteiger partial charge in [-0.05, 0) is 49.0 Å². The number of primary amides is 1. The van der Waals surface area contributed by atoms with E-state index in [4.69, 9.17) is 21.9 Å². The van der Waals surface area contributed by atoms with Crippen LogP contribution in [0.25, 0.3) is 0 Å². The van der Waals surface area contributed by atoms with Gasteiger partial charge in [0.25, 0.3) is 5.91 Å². The summed E-state index contributed by atoms with van der Waals surface area (Å²) in [6, 6.07) is 0. The van der Waals surface area contributed by atoms with Crippen LogP contribution in [-0.2, 0) is 13.9 Å². The fourth-order valence-electron chi connectivity index (χ4n) is 3.14. The Morgan fingerprint density at radius 3 is 2.47 bits per heavy atom. The van der Waals surface area contributed by atoms with Gasteiger partial charge in [0.1, 0.15) is 5.70 Å². The first-order valence-electron chi connectivity index (χ1n) is 10.1. The summed E-state index contributed by atoms with van der Waals surface area (Å²) in [6.45, 7) is 9.53. The Morgan fingerprint density at radius 1 is 1.37 bits per heavy atom. The maximum atomic E-state index is 14.1. The molecule has 0 saturated heterocycles. The largest absolute Gasteiger partial charge is 0.376 e. The van der Waals surface area contributed by atoms with Gasteiger partial charge in [-0.1, -0.05) is 51.4 Å². The highest BCUT2D eigenvalue weighted by molar-refractivity contribution is 7.64. The van der Waals surface area contributed by atoms with Crippen molar-refractivity contribution in [3.8, 4) is 0 Å². The van der Waals surface area contributed by atoms with Gasteiger partial charge in [0, 0.05) is 18.7 Å². The lowest BCUT2D eigenvalue weighted by Crippen LogP contribution is -2.23. The van der Waals surface area contributed by atoms with Crippen LogP contribution in [0, 0.1) is 5.92 Å². The Morgan fingerprint density at radius 2 is 2.00 bits per heavy atom. The fourth-order valence-corrected chi connectivity index (χ4v) is 5.76. The maximum Gasteiger partial charge on any atom is 0.265 e. The van der Waals surface area contributed by atoms with Gasteiger partial charge in [-0.2, -0.15) is 0 Å². The predicted molar refractivity (Wildman–Crippen MR) is 123 cm³/mol. The molecular weight excluding hydrogens is 426 g/mol. The average molecular weight is 459 g/mol. The zero-order valence-corrected chi connectivity index (χ0v) is 20.2. The second-order valence-corrected chi connectivity index (χ2v) is 10.7. The minimum absolute atomic E-state index is 0.0123. The molecule has 0 aromatic heterocycles. The van der Waals surface area contributed by atoms with E-state index in [1.165, 1.54) is 13.2 Å². The molecule has 1 rings (SSSR count). The summed E-state index contributed by atoms with van der Waals surface area (Å²) in [6.07, 6.45) is 7.70. The third-order valence-electron chi connectivity index (χ3n) is 4.83. The molecule has 0 aromatic carbocycles. The molecule has 1 aliphatic rings. The van der Waals surface area contributed by atoms with Crippen LogP contribution in [0.15, 0.2) is 57.3 Å². The van der Waals surface area contributed by atoms with Gasteiger partial charge in [-0.15, -0.1) is 0 Å². The quantitative estimate of drug-likeness (QED) is 0.315. The van der Waals surface area contributed by atoms with E-state index >= 15 is 0 Å². The van der Waals surface area contributed by atoms with Crippen molar-refractivity contribution in [1.29, 1.82) is 0 Å². The lowest BCUT2D eigenvalue weighted by molar-refractivity contribution is -0.114. The number of hydrogen-bond acceptors (Lipinski definition) is 4. The van der Waals surface area contributed by atoms with Crippen LogP contribution in [0.1, 0.15) is 47.5 Å². The second-order valence-electron chi connectivity index (χ2n) is 7.39. The molecule has 0 saturated carbocycles. The lowest BCUT2D eigenvalue weighted by atomic mass is 10.0. The maximum absolute atomic E-state index is 14.1. The Hall–Kier alpha value is -1.62. The van der Waals surface area contributed by atoms with Crippen molar-refractivity contribution >= 4 is 24.9 Å². The zero-order chi connectivity index (χ0) is 23.1. The molecule has 8 heteroatoms. The van der Waals surface area contributed by atoms with Crippen LogP contribution in [0.2, 0.25) is 0 Å². The van der Waals surface area contributed by atoms with Crippen molar-refractivity contribution in [2.45, 2.75) is 53.1 Å². The van der Waals surface area contributed by atoms with Gasteiger partial charge >= 0.3 is 0 Å². The first kappa shape index (κ1) is 26.4. The standard InChI is InChI=1S/C22H33ClFN2O3P/c1-7-9-18(23)11-17-13-26-20(22(25)27)21(17)30(28,29-6)15(5)10-16(14(3)4)12-19(24)8-2/h9-12,14-15,26H,7-8,13H2,1-6H3,(H2,25,27)/b16-10+,17-11+,18-9+,19-12+. The predicted octanol–water partition coefficient (Wildman–Crippen LogP) is 5.90. The van der Waals surface area contributed by atoms with Crippen LogP contribution in [0.5, 0.6) is 0 Å². The fraction of sp³-hybridized carbons (Fsp3) is 0.500. The summed E-state index contributed by atoms with van der Waals surface area (Å²) in [4.78, 5) is 12.0. The minimum Gasteiger partial charge on any atom is -0.376 e. The van der Waals surface area contributed by atoms with Crippen LogP contribution in [-0.4, -0.2) is 25.2 Å². The van der Waals surface area contributed by atoms with E-state index in [1.807, 2.05) is 26.8 Å². The highest BCUT2D eigenvalue weighted by Crippen LogP contribution is 2.63. The zero-order valence-electron chi connectivity index (χ0n) is 18.6. The van der Waals surface area contributed by atoms with E-state index in [0.29, 0.717) is 16.2 Å². The SMILES string of the molecule is CC/C=C(Cl)\C=C1/CNC(C(N)=O)=C1P(=O)(OC)C(C)/C=C(\C=C(\F)CC)C(C)C. The van der Waals surface area contributed by atoms with Crippen molar-refractivity contribution in [3.05, 3.63) is 57.3 Å². The minimum atomic E-state index is -3.59. The Bertz CT molecular complexity index is 856.